The minimum absolute atomic E-state index is 0.0606. The summed E-state index contributed by atoms with van der Waals surface area (Å²) in [6.45, 7) is 8.71. The van der Waals surface area contributed by atoms with Crippen molar-refractivity contribution in [1.82, 2.24) is 19.9 Å². The van der Waals surface area contributed by atoms with Crippen molar-refractivity contribution < 1.29 is 4.79 Å². The molecule has 0 aliphatic carbocycles. The lowest BCUT2D eigenvalue weighted by Gasteiger charge is -2.14. The molecule has 22 heavy (non-hydrogen) atoms. The molecule has 6 heteroatoms. The van der Waals surface area contributed by atoms with Crippen molar-refractivity contribution in [3.8, 4) is 0 Å². The smallest absolute Gasteiger partial charge is 0.222 e. The van der Waals surface area contributed by atoms with Gasteiger partial charge in [-0.1, -0.05) is 6.92 Å². The van der Waals surface area contributed by atoms with Gasteiger partial charge in [-0.05, 0) is 33.6 Å². The first kappa shape index (κ1) is 16.7. The van der Waals surface area contributed by atoms with Crippen LogP contribution in [0.4, 0.5) is 0 Å². The second-order valence-corrected chi connectivity index (χ2v) is 6.75. The van der Waals surface area contributed by atoms with Gasteiger partial charge >= 0.3 is 0 Å². The summed E-state index contributed by atoms with van der Waals surface area (Å²) in [5, 5.41) is 4.16. The number of carbonyl (C=O) groups excluding carboxylic acids is 1. The minimum atomic E-state index is 0.0606. The van der Waals surface area contributed by atoms with Crippen LogP contribution in [0.25, 0.3) is 0 Å². The Labute approximate surface area is 135 Å². The average molecular weight is 320 g/mol. The summed E-state index contributed by atoms with van der Waals surface area (Å²) in [5.74, 6) is 0.994. The highest BCUT2D eigenvalue weighted by atomic mass is 32.1. The Morgan fingerprint density at radius 1 is 1.45 bits per heavy atom. The van der Waals surface area contributed by atoms with E-state index in [9.17, 15) is 4.79 Å². The van der Waals surface area contributed by atoms with Gasteiger partial charge in [0.2, 0.25) is 5.91 Å². The molecule has 0 aliphatic rings. The lowest BCUT2D eigenvalue weighted by atomic mass is 10.2. The van der Waals surface area contributed by atoms with E-state index < -0.39 is 0 Å². The number of carbonyl (C=O) groups is 1. The first-order chi connectivity index (χ1) is 10.5. The molecular weight excluding hydrogens is 296 g/mol. The molecule has 0 saturated carbocycles. The monoisotopic (exact) mass is 320 g/mol. The van der Waals surface area contributed by atoms with E-state index in [0.717, 1.165) is 34.2 Å². The summed E-state index contributed by atoms with van der Waals surface area (Å²) >= 11 is 1.70. The molecule has 0 radical (unpaired) electrons. The lowest BCUT2D eigenvalue weighted by Crippen LogP contribution is -2.25. The van der Waals surface area contributed by atoms with Gasteiger partial charge in [0.15, 0.2) is 0 Å². The maximum atomic E-state index is 12.1. The predicted molar refractivity (Wildman–Crippen MR) is 89.0 cm³/mol. The maximum Gasteiger partial charge on any atom is 0.222 e. The van der Waals surface area contributed by atoms with Crippen LogP contribution in [0.1, 0.15) is 54.1 Å². The van der Waals surface area contributed by atoms with Crippen molar-refractivity contribution in [1.29, 1.82) is 0 Å². The number of aromatic nitrogens is 3. The SMILES string of the molecule is CCCc1nc(C)c(CNC(=O)C[C@H](C)n2ccnc2C)s1. The second kappa shape index (κ2) is 7.54. The van der Waals surface area contributed by atoms with E-state index in [1.165, 1.54) is 0 Å². The molecule has 2 rings (SSSR count). The van der Waals surface area contributed by atoms with Crippen molar-refractivity contribution in [2.75, 3.05) is 0 Å². The highest BCUT2D eigenvalue weighted by Gasteiger charge is 2.13. The number of nitrogens with zero attached hydrogens (tertiary/aromatic N) is 3. The van der Waals surface area contributed by atoms with Crippen LogP contribution in [0, 0.1) is 13.8 Å². The van der Waals surface area contributed by atoms with Gasteiger partial charge in [0, 0.05) is 29.7 Å². The molecule has 0 saturated heterocycles. The first-order valence-electron chi connectivity index (χ1n) is 7.72. The van der Waals surface area contributed by atoms with Crippen LogP contribution in [0.2, 0.25) is 0 Å². The van der Waals surface area contributed by atoms with Gasteiger partial charge in [-0.2, -0.15) is 0 Å². The molecule has 2 aromatic rings. The maximum absolute atomic E-state index is 12.1. The van der Waals surface area contributed by atoms with Crippen molar-refractivity contribution in [2.24, 2.45) is 0 Å². The Kier molecular flexibility index (Phi) is 5.71. The number of hydrogen-bond donors (Lipinski definition) is 1. The minimum Gasteiger partial charge on any atom is -0.351 e. The molecule has 0 bridgehead atoms. The third kappa shape index (κ3) is 4.16. The first-order valence-corrected chi connectivity index (χ1v) is 8.54. The van der Waals surface area contributed by atoms with Gasteiger partial charge in [-0.25, -0.2) is 9.97 Å². The number of aryl methyl sites for hydroxylation is 3. The predicted octanol–water partition coefficient (Wildman–Crippen LogP) is 3.18. The summed E-state index contributed by atoms with van der Waals surface area (Å²) in [6.07, 6.45) is 6.24. The lowest BCUT2D eigenvalue weighted by molar-refractivity contribution is -0.121. The molecule has 1 atom stereocenters. The highest BCUT2D eigenvalue weighted by molar-refractivity contribution is 7.11. The van der Waals surface area contributed by atoms with Crippen molar-refractivity contribution in [2.45, 2.75) is 59.5 Å². The van der Waals surface area contributed by atoms with Gasteiger partial charge in [0.25, 0.3) is 0 Å². The Balaban J connectivity index is 1.86. The summed E-state index contributed by atoms with van der Waals surface area (Å²) in [5.41, 5.74) is 1.03. The fourth-order valence-electron chi connectivity index (χ4n) is 2.44. The van der Waals surface area contributed by atoms with Crippen LogP contribution in [0.3, 0.4) is 0 Å². The van der Waals surface area contributed by atoms with E-state index in [2.05, 4.69) is 22.2 Å². The Morgan fingerprint density at radius 3 is 2.86 bits per heavy atom. The fourth-order valence-corrected chi connectivity index (χ4v) is 3.56. The molecular formula is C16H24N4OS. The number of nitrogens with one attached hydrogen (secondary N) is 1. The van der Waals surface area contributed by atoms with Crippen LogP contribution in [-0.4, -0.2) is 20.4 Å². The molecule has 1 N–H and O–H groups in total. The zero-order valence-corrected chi connectivity index (χ0v) is 14.5. The summed E-state index contributed by atoms with van der Waals surface area (Å²) in [4.78, 5) is 22.0. The fraction of sp³-hybridized carbons (Fsp3) is 0.562. The Morgan fingerprint density at radius 2 is 2.23 bits per heavy atom. The van der Waals surface area contributed by atoms with Gasteiger partial charge in [-0.15, -0.1) is 11.3 Å². The molecule has 0 unspecified atom stereocenters. The van der Waals surface area contributed by atoms with Gasteiger partial charge in [0.05, 0.1) is 17.2 Å². The van der Waals surface area contributed by atoms with Crippen LogP contribution in [0.15, 0.2) is 12.4 Å². The van der Waals surface area contributed by atoms with Crippen LogP contribution < -0.4 is 5.32 Å². The summed E-state index contributed by atoms with van der Waals surface area (Å²) < 4.78 is 2.02. The van der Waals surface area contributed by atoms with E-state index in [1.807, 2.05) is 31.5 Å². The molecule has 0 aromatic carbocycles. The quantitative estimate of drug-likeness (QED) is 0.852. The molecule has 0 aliphatic heterocycles. The molecule has 0 spiro atoms. The van der Waals surface area contributed by atoms with Gasteiger partial charge in [0.1, 0.15) is 5.82 Å². The second-order valence-electron chi connectivity index (χ2n) is 5.58. The normalized spacial score (nSPS) is 12.4. The number of amides is 1. The van der Waals surface area contributed by atoms with E-state index in [1.54, 1.807) is 17.5 Å². The number of thiazole rings is 1. The van der Waals surface area contributed by atoms with Crippen LogP contribution >= 0.6 is 11.3 Å². The largest absolute Gasteiger partial charge is 0.351 e. The van der Waals surface area contributed by atoms with Crippen molar-refractivity contribution >= 4 is 17.2 Å². The standard InChI is InChI=1S/C16H24N4OS/c1-5-6-16-19-12(3)14(22-16)10-18-15(21)9-11(2)20-8-7-17-13(20)4/h7-8,11H,5-6,9-10H2,1-4H3,(H,18,21)/t11-/m0/s1. The van der Waals surface area contributed by atoms with Crippen molar-refractivity contribution in [3.05, 3.63) is 33.8 Å². The third-order valence-corrected chi connectivity index (χ3v) is 4.88. The van der Waals surface area contributed by atoms with E-state index in [-0.39, 0.29) is 11.9 Å². The highest BCUT2D eigenvalue weighted by Crippen LogP contribution is 2.19. The zero-order chi connectivity index (χ0) is 16.1. The van der Waals surface area contributed by atoms with Gasteiger partial charge in [-0.3, -0.25) is 4.79 Å². The van der Waals surface area contributed by atoms with Crippen LogP contribution in [-0.2, 0) is 17.8 Å². The molecule has 1 amide bonds. The van der Waals surface area contributed by atoms with E-state index >= 15 is 0 Å². The molecule has 2 heterocycles. The van der Waals surface area contributed by atoms with Gasteiger partial charge < -0.3 is 9.88 Å². The molecule has 120 valence electrons. The topological polar surface area (TPSA) is 59.8 Å². The van der Waals surface area contributed by atoms with Crippen molar-refractivity contribution in [3.63, 3.8) is 0 Å². The number of rotatable bonds is 7. The average Bonchev–Trinajstić information content (AvgIpc) is 3.03. The Bertz CT molecular complexity index is 632. The molecule has 5 nitrogen and oxygen atoms in total. The zero-order valence-electron chi connectivity index (χ0n) is 13.7. The van der Waals surface area contributed by atoms with E-state index in [4.69, 9.17) is 0 Å². The molecule has 2 aromatic heterocycles. The van der Waals surface area contributed by atoms with Crippen LogP contribution in [0.5, 0.6) is 0 Å². The number of hydrogen-bond acceptors (Lipinski definition) is 4. The summed E-state index contributed by atoms with van der Waals surface area (Å²) in [7, 11) is 0. The number of imidazole rings is 1. The summed E-state index contributed by atoms with van der Waals surface area (Å²) in [6, 6.07) is 0.112. The van der Waals surface area contributed by atoms with E-state index in [0.29, 0.717) is 13.0 Å². The third-order valence-electron chi connectivity index (χ3n) is 3.66. The molecule has 0 fully saturated rings. The Hall–Kier alpha value is -1.69.